The van der Waals surface area contributed by atoms with Crippen LogP contribution in [0.5, 0.6) is 0 Å². The number of piperidine rings is 2. The van der Waals surface area contributed by atoms with Crippen molar-refractivity contribution in [3.63, 3.8) is 0 Å². The van der Waals surface area contributed by atoms with Crippen LogP contribution in [0.3, 0.4) is 0 Å². The number of pyridine rings is 1. The number of aromatic nitrogens is 1. The topological polar surface area (TPSA) is 59.6 Å². The zero-order valence-corrected chi connectivity index (χ0v) is 15.0. The van der Waals surface area contributed by atoms with Crippen molar-refractivity contribution >= 4 is 10.9 Å². The number of nitrogens with zero attached hydrogens (tertiary/aromatic N) is 2. The van der Waals surface area contributed by atoms with Crippen molar-refractivity contribution < 1.29 is 5.11 Å². The van der Waals surface area contributed by atoms with Gasteiger partial charge in [-0.15, -0.1) is 0 Å². The Morgan fingerprint density at radius 2 is 1.68 bits per heavy atom. The minimum absolute atomic E-state index is 0.00595. The van der Waals surface area contributed by atoms with Gasteiger partial charge in [-0.3, -0.25) is 14.6 Å². The molecule has 6 rings (SSSR count). The van der Waals surface area contributed by atoms with Gasteiger partial charge in [0.1, 0.15) is 0 Å². The zero-order chi connectivity index (χ0) is 17.6. The van der Waals surface area contributed by atoms with E-state index in [1.807, 2.05) is 13.0 Å². The van der Waals surface area contributed by atoms with E-state index in [4.69, 9.17) is 0 Å². The average molecular weight is 339 g/mol. The van der Waals surface area contributed by atoms with Gasteiger partial charge in [0.05, 0.1) is 12.3 Å². The number of nitrogens with one attached hydrogen (secondary N) is 1. The molecule has 0 radical (unpaired) electrons. The fourth-order valence-corrected chi connectivity index (χ4v) is 5.75. The van der Waals surface area contributed by atoms with Gasteiger partial charge in [0.15, 0.2) is 0 Å². The van der Waals surface area contributed by atoms with Crippen LogP contribution < -0.4 is 5.56 Å². The summed E-state index contributed by atoms with van der Waals surface area (Å²) < 4.78 is 0. The second kappa shape index (κ2) is 4.72. The van der Waals surface area contributed by atoms with Crippen molar-refractivity contribution in [2.24, 2.45) is 10.8 Å². The Balaban J connectivity index is 1.62. The van der Waals surface area contributed by atoms with Gasteiger partial charge in [-0.25, -0.2) is 0 Å². The summed E-state index contributed by atoms with van der Waals surface area (Å²) in [6.45, 7) is 9.77. The van der Waals surface area contributed by atoms with Crippen LogP contribution in [0.15, 0.2) is 29.1 Å². The van der Waals surface area contributed by atoms with Gasteiger partial charge in [0.25, 0.3) is 5.56 Å². The van der Waals surface area contributed by atoms with Gasteiger partial charge in [-0.05, 0) is 30.0 Å². The molecule has 0 unspecified atom stereocenters. The van der Waals surface area contributed by atoms with E-state index < -0.39 is 0 Å². The maximum absolute atomic E-state index is 12.8. The van der Waals surface area contributed by atoms with Gasteiger partial charge in [-0.1, -0.05) is 26.0 Å². The second-order valence-electron chi connectivity index (χ2n) is 9.04. The number of H-pyrrole nitrogens is 1. The molecule has 4 saturated heterocycles. The number of aliphatic hydroxyl groups is 1. The molecule has 5 heterocycles. The number of aliphatic hydroxyl groups excluding tert-OH is 1. The van der Waals surface area contributed by atoms with Crippen LogP contribution in [0.2, 0.25) is 0 Å². The summed E-state index contributed by atoms with van der Waals surface area (Å²) in [7, 11) is 0. The third kappa shape index (κ3) is 2.03. The van der Waals surface area contributed by atoms with E-state index in [0.717, 1.165) is 48.2 Å². The third-order valence-electron chi connectivity index (χ3n) is 6.58. The molecule has 1 aromatic heterocycles. The van der Waals surface area contributed by atoms with E-state index in [-0.39, 0.29) is 28.7 Å². The van der Waals surface area contributed by atoms with E-state index in [1.165, 1.54) is 0 Å². The predicted octanol–water partition coefficient (Wildman–Crippen LogP) is 1.85. The summed E-state index contributed by atoms with van der Waals surface area (Å²) in [6, 6.07) is 8.25. The molecule has 4 aliphatic rings. The fraction of sp³-hybridized carbons (Fsp3) is 0.550. The number of aryl methyl sites for hydroxylation is 1. The summed E-state index contributed by atoms with van der Waals surface area (Å²) in [4.78, 5) is 20.7. The largest absolute Gasteiger partial charge is 0.392 e. The van der Waals surface area contributed by atoms with Gasteiger partial charge in [-0.2, -0.15) is 0 Å². The first-order valence-corrected chi connectivity index (χ1v) is 9.09. The van der Waals surface area contributed by atoms with Crippen molar-refractivity contribution in [1.82, 2.24) is 14.8 Å². The molecule has 5 nitrogen and oxygen atoms in total. The Labute approximate surface area is 147 Å². The van der Waals surface area contributed by atoms with E-state index in [2.05, 4.69) is 46.8 Å². The highest BCUT2D eigenvalue weighted by Crippen LogP contribution is 2.53. The molecule has 4 aliphatic heterocycles. The summed E-state index contributed by atoms with van der Waals surface area (Å²) in [5.41, 5.74) is 2.67. The van der Waals surface area contributed by atoms with E-state index in [1.54, 1.807) is 0 Å². The minimum Gasteiger partial charge on any atom is -0.392 e. The van der Waals surface area contributed by atoms with E-state index in [9.17, 15) is 9.90 Å². The molecule has 0 saturated carbocycles. The molecule has 0 amide bonds. The Morgan fingerprint density at radius 3 is 2.28 bits per heavy atom. The molecular weight excluding hydrogens is 314 g/mol. The predicted molar refractivity (Wildman–Crippen MR) is 97.4 cm³/mol. The smallest absolute Gasteiger partial charge is 0.254 e. The molecule has 2 N–H and O–H groups in total. The fourth-order valence-electron chi connectivity index (χ4n) is 5.75. The van der Waals surface area contributed by atoms with Crippen LogP contribution in [0, 0.1) is 17.8 Å². The lowest BCUT2D eigenvalue weighted by atomic mass is 9.60. The van der Waals surface area contributed by atoms with Gasteiger partial charge < -0.3 is 10.1 Å². The molecule has 4 fully saturated rings. The van der Waals surface area contributed by atoms with Gasteiger partial charge in [0.2, 0.25) is 0 Å². The van der Waals surface area contributed by atoms with Gasteiger partial charge >= 0.3 is 0 Å². The van der Waals surface area contributed by atoms with E-state index in [0.29, 0.717) is 0 Å². The summed E-state index contributed by atoms with van der Waals surface area (Å²) in [5.74, 6) is 0. The first-order chi connectivity index (χ1) is 11.8. The zero-order valence-electron chi connectivity index (χ0n) is 15.0. The lowest BCUT2D eigenvalue weighted by Gasteiger charge is -2.68. The lowest BCUT2D eigenvalue weighted by Crippen LogP contribution is -2.77. The normalized spacial score (nSPS) is 42.2. The summed E-state index contributed by atoms with van der Waals surface area (Å²) in [6.07, 6.45) is -0.255. The SMILES string of the molecule is Cc1ccc2cc(C3N4CC5(C)CN3CC(C)(C4)C5O)c(=O)[nH]c2c1. The molecule has 2 aromatic rings. The van der Waals surface area contributed by atoms with Crippen molar-refractivity contribution in [3.05, 3.63) is 45.7 Å². The van der Waals surface area contributed by atoms with Gasteiger partial charge in [0, 0.05) is 48.1 Å². The molecule has 4 bridgehead atoms. The number of benzene rings is 1. The molecule has 132 valence electrons. The van der Waals surface area contributed by atoms with Crippen LogP contribution in [-0.2, 0) is 0 Å². The molecule has 25 heavy (non-hydrogen) atoms. The minimum atomic E-state index is -0.272. The maximum atomic E-state index is 12.8. The quantitative estimate of drug-likeness (QED) is 0.833. The molecule has 5 heteroatoms. The third-order valence-corrected chi connectivity index (χ3v) is 6.58. The van der Waals surface area contributed by atoms with E-state index >= 15 is 0 Å². The molecule has 0 aliphatic carbocycles. The molecule has 1 aromatic carbocycles. The Bertz CT molecular complexity index is 896. The van der Waals surface area contributed by atoms with Crippen molar-refractivity contribution in [1.29, 1.82) is 0 Å². The van der Waals surface area contributed by atoms with Crippen LogP contribution in [0.4, 0.5) is 0 Å². The first-order valence-electron chi connectivity index (χ1n) is 9.09. The lowest BCUT2D eigenvalue weighted by molar-refractivity contribution is -0.254. The second-order valence-corrected chi connectivity index (χ2v) is 9.04. The van der Waals surface area contributed by atoms with Crippen LogP contribution in [-0.4, -0.2) is 52.2 Å². The van der Waals surface area contributed by atoms with Crippen LogP contribution in [0.25, 0.3) is 10.9 Å². The Hall–Kier alpha value is -1.69. The molecule has 0 atom stereocenters. The van der Waals surface area contributed by atoms with Crippen molar-refractivity contribution in [2.45, 2.75) is 33.0 Å². The molecular formula is C20H25N3O2. The first kappa shape index (κ1) is 15.6. The van der Waals surface area contributed by atoms with Crippen LogP contribution >= 0.6 is 0 Å². The number of hydrogen-bond acceptors (Lipinski definition) is 4. The standard InChI is InChI=1S/C20H25N3O2/c1-12-4-5-13-7-14(16(24)21-15(13)6-12)17-22-8-19(2)9-23(17)11-20(3,10-22)18(19)25/h4-7,17-18,25H,8-11H2,1-3H3,(H,21,24). The highest BCUT2D eigenvalue weighted by atomic mass is 16.3. The van der Waals surface area contributed by atoms with Crippen molar-refractivity contribution in [2.75, 3.05) is 26.2 Å². The average Bonchev–Trinajstić information content (AvgIpc) is 2.51. The number of fused-ring (bicyclic) bond motifs is 1. The highest BCUT2D eigenvalue weighted by Gasteiger charge is 2.62. The Kier molecular flexibility index (Phi) is 2.94. The number of aromatic amines is 1. The number of rotatable bonds is 1. The highest BCUT2D eigenvalue weighted by molar-refractivity contribution is 5.79. The number of hydrogen-bond donors (Lipinski definition) is 2. The van der Waals surface area contributed by atoms with Crippen LogP contribution in [0.1, 0.15) is 31.1 Å². The summed E-state index contributed by atoms with van der Waals surface area (Å²) in [5, 5.41) is 11.9. The molecule has 0 spiro atoms. The monoisotopic (exact) mass is 339 g/mol. The maximum Gasteiger partial charge on any atom is 0.254 e. The Morgan fingerprint density at radius 1 is 1.08 bits per heavy atom. The van der Waals surface area contributed by atoms with Crippen molar-refractivity contribution in [3.8, 4) is 0 Å². The summed E-state index contributed by atoms with van der Waals surface area (Å²) >= 11 is 0.